The number of carbonyl (C=O) groups excluding carboxylic acids is 4. The monoisotopic (exact) mass is 865 g/mol. The molecule has 1 N–H and O–H groups in total. The number of nitrogens with zero attached hydrogens (tertiary/aromatic N) is 4. The summed E-state index contributed by atoms with van der Waals surface area (Å²) in [6.07, 6.45) is 11.9. The number of hydrogen-bond donors (Lipinski definition) is 1. The van der Waals surface area contributed by atoms with Crippen molar-refractivity contribution in [3.05, 3.63) is 95.9 Å². The fourth-order valence-electron chi connectivity index (χ4n) is 8.15. The molecular formula is C42H46F2N5O7PS2. The Bertz CT molecular complexity index is 2310. The molecule has 2 aromatic heterocycles. The second kappa shape index (κ2) is 16.2. The number of amides is 3. The van der Waals surface area contributed by atoms with Gasteiger partial charge in [-0.25, -0.2) is 9.55 Å². The Morgan fingerprint density at radius 3 is 2.44 bits per heavy atom. The van der Waals surface area contributed by atoms with Crippen LogP contribution in [0.4, 0.5) is 8.78 Å². The average molecular weight is 866 g/mol. The molecule has 5 heterocycles. The van der Waals surface area contributed by atoms with E-state index in [9.17, 15) is 23.7 Å². The van der Waals surface area contributed by atoms with Crippen LogP contribution in [0.15, 0.2) is 85.5 Å². The Morgan fingerprint density at radius 1 is 1.00 bits per heavy atom. The third-order valence-corrected chi connectivity index (χ3v) is 15.8. The Hall–Kier alpha value is -4.37. The lowest BCUT2D eigenvalue weighted by Gasteiger charge is -2.45. The van der Waals surface area contributed by atoms with E-state index in [2.05, 4.69) is 22.5 Å². The molecule has 0 spiro atoms. The molecule has 0 saturated carbocycles. The van der Waals surface area contributed by atoms with E-state index in [1.807, 2.05) is 10.8 Å². The van der Waals surface area contributed by atoms with Gasteiger partial charge in [0.05, 0.1) is 23.9 Å². The van der Waals surface area contributed by atoms with E-state index in [-0.39, 0.29) is 57.2 Å². The number of rotatable bonds is 12. The Kier molecular flexibility index (Phi) is 11.4. The minimum Gasteiger partial charge on any atom is -0.420 e. The second-order valence-corrected chi connectivity index (χ2v) is 20.8. The van der Waals surface area contributed by atoms with Crippen LogP contribution in [0.25, 0.3) is 10.1 Å². The number of aromatic nitrogens is 2. The van der Waals surface area contributed by atoms with E-state index in [4.69, 9.17) is 9.05 Å². The SMILES string of the molecule is CC(C)(C)C(=O)SCCOP(=O)(Oc1ccccc1)C(F)(F)c1ccc2sc(C(=O)NC3C[C@H]4C=C[C@H]4C[C@H]4CC[C@@H](C(=O)N5CC(n6ccnc6)C5)N4C3=O)cc2c1. The summed E-state index contributed by atoms with van der Waals surface area (Å²) < 4.78 is 60.4. The van der Waals surface area contributed by atoms with Gasteiger partial charge >= 0.3 is 13.3 Å². The molecule has 312 valence electrons. The number of nitrogens with one attached hydrogen (secondary N) is 1. The van der Waals surface area contributed by atoms with E-state index in [1.54, 1.807) is 61.3 Å². The van der Waals surface area contributed by atoms with Crippen molar-refractivity contribution in [3.8, 4) is 5.75 Å². The molecular weight excluding hydrogens is 820 g/mol. The first-order valence-electron chi connectivity index (χ1n) is 19.8. The number of alkyl halides is 2. The Morgan fingerprint density at radius 2 is 1.75 bits per heavy atom. The average Bonchev–Trinajstić information content (AvgIpc) is 3.95. The minimum absolute atomic E-state index is 0.0151. The fraction of sp³-hybridized carbons (Fsp3) is 0.452. The number of thioether (sulfide) groups is 1. The van der Waals surface area contributed by atoms with Crippen molar-refractivity contribution in [2.45, 2.75) is 76.3 Å². The molecule has 0 radical (unpaired) electrons. The van der Waals surface area contributed by atoms with Gasteiger partial charge < -0.3 is 24.2 Å². The van der Waals surface area contributed by atoms with E-state index >= 15 is 8.78 Å². The van der Waals surface area contributed by atoms with Crippen molar-refractivity contribution < 1.29 is 41.6 Å². The summed E-state index contributed by atoms with van der Waals surface area (Å²) in [5.74, 6) is -0.660. The Labute approximate surface area is 349 Å². The fourth-order valence-corrected chi connectivity index (χ4v) is 11.5. The number of fused-ring (bicyclic) bond motifs is 3. The summed E-state index contributed by atoms with van der Waals surface area (Å²) >= 11 is 1.98. The van der Waals surface area contributed by atoms with E-state index in [0.717, 1.165) is 41.7 Å². The largest absolute Gasteiger partial charge is 0.453 e. The van der Waals surface area contributed by atoms with Gasteiger partial charge in [-0.3, -0.25) is 23.7 Å². The standard InChI is InChI=1S/C42H46F2N5O7PS2/c1-41(2,3)40(53)58-18-17-55-57(54,56-32-7-5-4-6-8-32)42(43,44)29-11-14-35-28(19-29)22-36(59-35)37(50)46-33-21-27-10-9-26(27)20-30-12-13-34(49(30)38(33)51)39(52)48-23-31(24-48)47-16-15-45-25-47/h4-11,14-16,19,22,25-27,30-31,33-34H,12-13,17-18,20-21,23-24H2,1-3H3,(H,46,50)/t26-,27+,30+,33?,34-,57?/m0/s1. The molecule has 4 aliphatic rings. The molecule has 17 heteroatoms. The molecule has 6 atom stereocenters. The third-order valence-electron chi connectivity index (χ3n) is 11.6. The summed E-state index contributed by atoms with van der Waals surface area (Å²) in [6, 6.07) is 11.2. The molecule has 3 aliphatic heterocycles. The summed E-state index contributed by atoms with van der Waals surface area (Å²) in [6.45, 7) is 5.86. The third kappa shape index (κ3) is 8.25. The highest BCUT2D eigenvalue weighted by Gasteiger charge is 2.57. The molecule has 4 aromatic rings. The van der Waals surface area contributed by atoms with Crippen LogP contribution in [-0.2, 0) is 29.1 Å². The van der Waals surface area contributed by atoms with Gasteiger partial charge in [0.1, 0.15) is 17.8 Å². The normalized spacial score (nSPS) is 24.3. The number of hydrogen-bond acceptors (Lipinski definition) is 10. The molecule has 3 amide bonds. The number of allylic oxidation sites excluding steroid dienone is 2. The van der Waals surface area contributed by atoms with Crippen molar-refractivity contribution in [1.29, 1.82) is 0 Å². The smallest absolute Gasteiger partial charge is 0.420 e. The first-order chi connectivity index (χ1) is 28.1. The topological polar surface area (TPSA) is 140 Å². The van der Waals surface area contributed by atoms with Crippen molar-refractivity contribution in [2.75, 3.05) is 25.4 Å². The first kappa shape index (κ1) is 41.4. The van der Waals surface area contributed by atoms with E-state index < -0.39 is 48.8 Å². The van der Waals surface area contributed by atoms with Gasteiger partial charge in [0.15, 0.2) is 5.12 Å². The molecule has 3 fully saturated rings. The lowest BCUT2D eigenvalue weighted by Crippen LogP contribution is -2.61. The highest BCUT2D eigenvalue weighted by atomic mass is 32.2. The quantitative estimate of drug-likeness (QED) is 0.0856. The molecule has 0 bridgehead atoms. The molecule has 3 saturated heterocycles. The minimum atomic E-state index is -5.25. The molecule has 12 nitrogen and oxygen atoms in total. The van der Waals surface area contributed by atoms with Crippen LogP contribution in [0, 0.1) is 17.3 Å². The van der Waals surface area contributed by atoms with Crippen molar-refractivity contribution >= 4 is 63.6 Å². The predicted octanol–water partition coefficient (Wildman–Crippen LogP) is 7.88. The maximum Gasteiger partial charge on any atom is 0.453 e. The lowest BCUT2D eigenvalue weighted by atomic mass is 9.73. The number of benzene rings is 2. The summed E-state index contributed by atoms with van der Waals surface area (Å²) in [5.41, 5.74) is -5.43. The van der Waals surface area contributed by atoms with Crippen LogP contribution in [0.2, 0.25) is 0 Å². The van der Waals surface area contributed by atoms with Gasteiger partial charge in [-0.05, 0) is 73.2 Å². The predicted molar refractivity (Wildman–Crippen MR) is 221 cm³/mol. The second-order valence-electron chi connectivity index (χ2n) is 16.6. The van der Waals surface area contributed by atoms with Crippen LogP contribution in [0.5, 0.6) is 5.75 Å². The van der Waals surface area contributed by atoms with Crippen LogP contribution in [-0.4, -0.2) is 85.8 Å². The summed E-state index contributed by atoms with van der Waals surface area (Å²) in [5, 5.41) is 3.08. The van der Waals surface area contributed by atoms with Crippen LogP contribution in [0.1, 0.15) is 67.7 Å². The zero-order chi connectivity index (χ0) is 41.7. The van der Waals surface area contributed by atoms with Crippen molar-refractivity contribution in [1.82, 2.24) is 24.7 Å². The van der Waals surface area contributed by atoms with Crippen molar-refractivity contribution in [2.24, 2.45) is 17.3 Å². The van der Waals surface area contributed by atoms with Gasteiger partial charge in [0.2, 0.25) is 11.8 Å². The lowest BCUT2D eigenvalue weighted by molar-refractivity contribution is -0.151. The molecule has 59 heavy (non-hydrogen) atoms. The maximum absolute atomic E-state index is 16.5. The van der Waals surface area contributed by atoms with Crippen LogP contribution < -0.4 is 9.84 Å². The highest BCUT2D eigenvalue weighted by molar-refractivity contribution is 8.13. The number of para-hydroxylation sites is 1. The zero-order valence-electron chi connectivity index (χ0n) is 32.9. The van der Waals surface area contributed by atoms with Gasteiger partial charge in [-0.1, -0.05) is 69.0 Å². The first-order valence-corrected chi connectivity index (χ1v) is 23.1. The zero-order valence-corrected chi connectivity index (χ0v) is 35.4. The maximum atomic E-state index is 16.5. The molecule has 2 unspecified atom stereocenters. The number of thiophene rings is 1. The number of imidazole rings is 1. The highest BCUT2D eigenvalue weighted by Crippen LogP contribution is 2.66. The molecule has 2 aromatic carbocycles. The Balaban J connectivity index is 0.989. The van der Waals surface area contributed by atoms with E-state index in [1.165, 1.54) is 24.3 Å². The molecule has 1 aliphatic carbocycles. The van der Waals surface area contributed by atoms with E-state index in [0.29, 0.717) is 42.4 Å². The van der Waals surface area contributed by atoms with Crippen molar-refractivity contribution in [3.63, 3.8) is 0 Å². The summed E-state index contributed by atoms with van der Waals surface area (Å²) in [7, 11) is -5.25. The number of carbonyl (C=O) groups is 4. The van der Waals surface area contributed by atoms with Gasteiger partial charge in [-0.2, -0.15) is 8.78 Å². The number of halogens is 2. The van der Waals surface area contributed by atoms with Gasteiger partial charge in [-0.15, -0.1) is 11.3 Å². The number of likely N-dealkylation sites (tertiary alicyclic amines) is 1. The van der Waals surface area contributed by atoms with Crippen LogP contribution >= 0.6 is 30.7 Å². The van der Waals surface area contributed by atoms with Crippen LogP contribution in [0.3, 0.4) is 0 Å². The summed E-state index contributed by atoms with van der Waals surface area (Å²) in [4.78, 5) is 62.4. The van der Waals surface area contributed by atoms with Gasteiger partial charge in [0, 0.05) is 53.0 Å². The van der Waals surface area contributed by atoms with Gasteiger partial charge in [0.25, 0.3) is 5.91 Å². The molecule has 8 rings (SSSR count).